The molecule has 3 heterocycles. The number of H-pyrrole nitrogens is 2. The van der Waals surface area contributed by atoms with Crippen LogP contribution in [0.3, 0.4) is 0 Å². The number of piperidine rings is 1. The van der Waals surface area contributed by atoms with Crippen molar-refractivity contribution in [3.8, 4) is 11.4 Å². The molecule has 4 N–H and O–H groups in total. The van der Waals surface area contributed by atoms with Gasteiger partial charge in [0.25, 0.3) is 5.56 Å². The highest BCUT2D eigenvalue weighted by atomic mass is 35.5. The van der Waals surface area contributed by atoms with E-state index in [0.29, 0.717) is 28.0 Å². The number of imidazole rings is 1. The maximum Gasteiger partial charge on any atom is 0.261 e. The van der Waals surface area contributed by atoms with Crippen LogP contribution in [-0.4, -0.2) is 34.1 Å². The molecule has 1 saturated heterocycles. The van der Waals surface area contributed by atoms with Crippen LogP contribution in [0.15, 0.2) is 47.3 Å². The second kappa shape index (κ2) is 6.96. The first kappa shape index (κ1) is 17.3. The monoisotopic (exact) mass is 393 g/mol. The number of nitrogens with zero attached hydrogens (tertiary/aromatic N) is 1. The molecule has 142 valence electrons. The zero-order valence-corrected chi connectivity index (χ0v) is 15.9. The van der Waals surface area contributed by atoms with E-state index in [4.69, 9.17) is 11.6 Å². The normalized spacial score (nSPS) is 15.3. The zero-order chi connectivity index (χ0) is 19.1. The third kappa shape index (κ3) is 3.04. The summed E-state index contributed by atoms with van der Waals surface area (Å²) in [4.78, 5) is 24.0. The van der Waals surface area contributed by atoms with Gasteiger partial charge < -0.3 is 20.6 Å². The Morgan fingerprint density at radius 2 is 1.86 bits per heavy atom. The molecule has 4 aromatic rings. The summed E-state index contributed by atoms with van der Waals surface area (Å²) >= 11 is 6.16. The summed E-state index contributed by atoms with van der Waals surface area (Å²) in [5, 5.41) is 8.53. The largest absolute Gasteiger partial charge is 0.381 e. The summed E-state index contributed by atoms with van der Waals surface area (Å²) in [6.45, 7) is 1.93. The third-order valence-corrected chi connectivity index (χ3v) is 5.53. The summed E-state index contributed by atoms with van der Waals surface area (Å²) < 4.78 is 0. The molecule has 0 bridgehead atoms. The molecule has 0 aliphatic carbocycles. The van der Waals surface area contributed by atoms with Crippen molar-refractivity contribution in [2.24, 2.45) is 0 Å². The van der Waals surface area contributed by atoms with Gasteiger partial charge in [-0.1, -0.05) is 23.7 Å². The highest BCUT2D eigenvalue weighted by Gasteiger charge is 2.21. The van der Waals surface area contributed by atoms with E-state index in [2.05, 4.69) is 25.6 Å². The molecule has 6 nitrogen and oxygen atoms in total. The SMILES string of the molecule is O=c1[nH]c2cc(Cl)ccc2c(NC2CCNCC2)c1-c1nc2ccccc2[nH]1. The fourth-order valence-electron chi connectivity index (χ4n) is 3.89. The Hall–Kier alpha value is -2.83. The molecule has 0 atom stereocenters. The highest BCUT2D eigenvalue weighted by Crippen LogP contribution is 2.33. The molecular formula is C21H20ClN5O. The van der Waals surface area contributed by atoms with E-state index in [9.17, 15) is 4.79 Å². The van der Waals surface area contributed by atoms with Gasteiger partial charge in [0.1, 0.15) is 11.4 Å². The maximum atomic E-state index is 13.1. The lowest BCUT2D eigenvalue weighted by molar-refractivity contribution is 0.479. The third-order valence-electron chi connectivity index (χ3n) is 5.29. The second-order valence-electron chi connectivity index (χ2n) is 7.17. The fourth-order valence-corrected chi connectivity index (χ4v) is 4.06. The average molecular weight is 394 g/mol. The van der Waals surface area contributed by atoms with Crippen LogP contribution >= 0.6 is 11.6 Å². The lowest BCUT2D eigenvalue weighted by Gasteiger charge is -2.26. The molecule has 7 heteroatoms. The van der Waals surface area contributed by atoms with Crippen LogP contribution in [0.2, 0.25) is 5.02 Å². The molecule has 0 saturated carbocycles. The van der Waals surface area contributed by atoms with Crippen molar-refractivity contribution in [2.75, 3.05) is 18.4 Å². The van der Waals surface area contributed by atoms with Crippen LogP contribution in [0.1, 0.15) is 12.8 Å². The molecule has 0 spiro atoms. The van der Waals surface area contributed by atoms with Crippen molar-refractivity contribution >= 4 is 39.2 Å². The van der Waals surface area contributed by atoms with Gasteiger partial charge >= 0.3 is 0 Å². The number of fused-ring (bicyclic) bond motifs is 2. The first-order chi connectivity index (χ1) is 13.7. The van der Waals surface area contributed by atoms with Gasteiger partial charge in [-0.2, -0.15) is 0 Å². The Bertz CT molecular complexity index is 1190. The Morgan fingerprint density at radius 1 is 1.04 bits per heavy atom. The van der Waals surface area contributed by atoms with Gasteiger partial charge in [-0.15, -0.1) is 0 Å². The standard InChI is InChI=1S/C21H20ClN5O/c22-12-5-6-14-17(11-12)27-21(28)18(19(14)24-13-7-9-23-10-8-13)20-25-15-3-1-2-4-16(15)26-20/h1-6,11,13,23H,7-10H2,(H,25,26)(H2,24,27,28). The molecule has 5 rings (SSSR count). The Morgan fingerprint density at radius 3 is 2.68 bits per heavy atom. The van der Waals surface area contributed by atoms with Crippen LogP contribution in [0.5, 0.6) is 0 Å². The summed E-state index contributed by atoms with van der Waals surface area (Å²) in [5.74, 6) is 0.565. The van der Waals surface area contributed by atoms with Crippen LogP contribution in [-0.2, 0) is 0 Å². The van der Waals surface area contributed by atoms with Crippen molar-refractivity contribution < 1.29 is 0 Å². The van der Waals surface area contributed by atoms with E-state index < -0.39 is 0 Å². The zero-order valence-electron chi connectivity index (χ0n) is 15.2. The molecule has 2 aromatic heterocycles. The van der Waals surface area contributed by atoms with Gasteiger partial charge in [-0.3, -0.25) is 4.79 Å². The minimum atomic E-state index is -0.190. The Labute approximate surface area is 166 Å². The van der Waals surface area contributed by atoms with Gasteiger partial charge in [0.15, 0.2) is 0 Å². The van der Waals surface area contributed by atoms with Crippen molar-refractivity contribution in [3.05, 3.63) is 57.8 Å². The van der Waals surface area contributed by atoms with Crippen molar-refractivity contribution in [3.63, 3.8) is 0 Å². The lowest BCUT2D eigenvalue weighted by atomic mass is 10.0. The van der Waals surface area contributed by atoms with Crippen LogP contribution < -0.4 is 16.2 Å². The molecule has 28 heavy (non-hydrogen) atoms. The number of nitrogens with one attached hydrogen (secondary N) is 4. The topological polar surface area (TPSA) is 85.6 Å². The molecule has 1 aliphatic rings. The molecule has 2 aromatic carbocycles. The van der Waals surface area contributed by atoms with Crippen molar-refractivity contribution in [2.45, 2.75) is 18.9 Å². The van der Waals surface area contributed by atoms with Gasteiger partial charge in [-0.25, -0.2) is 4.98 Å². The number of halogens is 1. The van der Waals surface area contributed by atoms with Gasteiger partial charge in [-0.05, 0) is 56.3 Å². The summed E-state index contributed by atoms with van der Waals surface area (Å²) in [7, 11) is 0. The highest BCUT2D eigenvalue weighted by molar-refractivity contribution is 6.31. The Balaban J connectivity index is 1.74. The van der Waals surface area contributed by atoms with E-state index >= 15 is 0 Å². The average Bonchev–Trinajstić information content (AvgIpc) is 3.12. The first-order valence-corrected chi connectivity index (χ1v) is 9.85. The van der Waals surface area contributed by atoms with Crippen molar-refractivity contribution in [1.82, 2.24) is 20.3 Å². The lowest BCUT2D eigenvalue weighted by Crippen LogP contribution is -2.35. The predicted molar refractivity (Wildman–Crippen MR) is 114 cm³/mol. The van der Waals surface area contributed by atoms with E-state index in [1.165, 1.54) is 0 Å². The number of benzene rings is 2. The number of hydrogen-bond donors (Lipinski definition) is 4. The summed E-state index contributed by atoms with van der Waals surface area (Å²) in [5.41, 5.74) is 3.60. The number of aromatic amines is 2. The van der Waals surface area contributed by atoms with E-state index in [0.717, 1.165) is 48.0 Å². The number of pyridine rings is 1. The van der Waals surface area contributed by atoms with Gasteiger partial charge in [0.05, 0.1) is 22.2 Å². The molecule has 0 radical (unpaired) electrons. The first-order valence-electron chi connectivity index (χ1n) is 9.47. The van der Waals surface area contributed by atoms with Gasteiger partial charge in [0, 0.05) is 16.5 Å². The van der Waals surface area contributed by atoms with Crippen LogP contribution in [0.25, 0.3) is 33.3 Å². The number of anilines is 1. The molecule has 0 unspecified atom stereocenters. The molecule has 1 fully saturated rings. The van der Waals surface area contributed by atoms with Gasteiger partial charge in [0.2, 0.25) is 0 Å². The molecular weight excluding hydrogens is 374 g/mol. The maximum absolute atomic E-state index is 13.1. The quantitative estimate of drug-likeness (QED) is 0.425. The predicted octanol–water partition coefficient (Wildman–Crippen LogP) is 3.89. The van der Waals surface area contributed by atoms with E-state index in [1.807, 2.05) is 36.4 Å². The number of hydrogen-bond acceptors (Lipinski definition) is 4. The van der Waals surface area contributed by atoms with Crippen LogP contribution in [0.4, 0.5) is 5.69 Å². The number of aromatic nitrogens is 3. The summed E-state index contributed by atoms with van der Waals surface area (Å²) in [6.07, 6.45) is 2.00. The fraction of sp³-hybridized carbons (Fsp3) is 0.238. The molecule has 1 aliphatic heterocycles. The Kier molecular flexibility index (Phi) is 4.30. The minimum Gasteiger partial charge on any atom is -0.381 e. The van der Waals surface area contributed by atoms with E-state index in [1.54, 1.807) is 6.07 Å². The second-order valence-corrected chi connectivity index (χ2v) is 7.60. The molecule has 0 amide bonds. The van der Waals surface area contributed by atoms with Crippen molar-refractivity contribution in [1.29, 1.82) is 0 Å². The number of rotatable bonds is 3. The van der Waals surface area contributed by atoms with Crippen LogP contribution in [0, 0.1) is 0 Å². The minimum absolute atomic E-state index is 0.190. The smallest absolute Gasteiger partial charge is 0.261 e. The summed E-state index contributed by atoms with van der Waals surface area (Å²) in [6, 6.07) is 13.7. The number of para-hydroxylation sites is 2. The van der Waals surface area contributed by atoms with E-state index in [-0.39, 0.29) is 5.56 Å².